The molecule has 1 saturated heterocycles. The van der Waals surface area contributed by atoms with Crippen molar-refractivity contribution < 1.29 is 5.11 Å². The molecule has 1 aliphatic heterocycles. The third kappa shape index (κ3) is 4.80. The summed E-state index contributed by atoms with van der Waals surface area (Å²) in [5.41, 5.74) is -0.407. The lowest BCUT2D eigenvalue weighted by Gasteiger charge is -2.29. The van der Waals surface area contributed by atoms with E-state index in [0.717, 1.165) is 31.2 Å². The second-order valence-electron chi connectivity index (χ2n) is 5.76. The van der Waals surface area contributed by atoms with Gasteiger partial charge in [-0.3, -0.25) is 0 Å². The van der Waals surface area contributed by atoms with Crippen LogP contribution < -0.4 is 5.32 Å². The fraction of sp³-hybridized carbons (Fsp3) is 1.00. The molecule has 2 fully saturated rings. The van der Waals surface area contributed by atoms with E-state index in [1.54, 1.807) is 0 Å². The highest BCUT2D eigenvalue weighted by Crippen LogP contribution is 2.27. The fourth-order valence-corrected chi connectivity index (χ4v) is 4.27. The van der Waals surface area contributed by atoms with Gasteiger partial charge in [0.2, 0.25) is 0 Å². The number of hydrogen-bond acceptors (Lipinski definition) is 3. The van der Waals surface area contributed by atoms with Gasteiger partial charge in [0.15, 0.2) is 0 Å². The molecule has 1 aliphatic carbocycles. The topological polar surface area (TPSA) is 32.3 Å². The Bertz CT molecular complexity index is 208. The molecule has 2 N–H and O–H groups in total. The monoisotopic (exact) mass is 257 g/mol. The van der Waals surface area contributed by atoms with Gasteiger partial charge >= 0.3 is 0 Å². The van der Waals surface area contributed by atoms with E-state index < -0.39 is 5.60 Å². The third-order valence-corrected chi connectivity index (χ3v) is 5.53. The molecule has 1 atom stereocenters. The molecule has 0 aromatic rings. The van der Waals surface area contributed by atoms with Crippen molar-refractivity contribution in [2.75, 3.05) is 18.8 Å². The Morgan fingerprint density at radius 1 is 1.06 bits per heavy atom. The molecular formula is C14H27NOS. The van der Waals surface area contributed by atoms with Gasteiger partial charge in [-0.05, 0) is 31.4 Å². The SMILES string of the molecule is OC1(CNCC2CCCCS2)CCCCCC1. The van der Waals surface area contributed by atoms with Crippen molar-refractivity contribution in [1.29, 1.82) is 0 Å². The van der Waals surface area contributed by atoms with E-state index in [2.05, 4.69) is 17.1 Å². The maximum absolute atomic E-state index is 10.5. The Balaban J connectivity index is 1.65. The number of rotatable bonds is 4. The Morgan fingerprint density at radius 3 is 2.47 bits per heavy atom. The molecule has 3 heteroatoms. The van der Waals surface area contributed by atoms with Gasteiger partial charge in [0, 0.05) is 18.3 Å². The molecule has 2 aliphatic rings. The summed E-state index contributed by atoms with van der Waals surface area (Å²) < 4.78 is 0. The molecule has 0 bridgehead atoms. The van der Waals surface area contributed by atoms with Gasteiger partial charge in [-0.1, -0.05) is 32.1 Å². The van der Waals surface area contributed by atoms with Crippen LogP contribution in [-0.2, 0) is 0 Å². The zero-order valence-corrected chi connectivity index (χ0v) is 11.7. The summed E-state index contributed by atoms with van der Waals surface area (Å²) >= 11 is 2.11. The maximum atomic E-state index is 10.5. The molecule has 1 unspecified atom stereocenters. The minimum atomic E-state index is -0.407. The summed E-state index contributed by atoms with van der Waals surface area (Å²) in [4.78, 5) is 0. The van der Waals surface area contributed by atoms with Crippen LogP contribution in [0.5, 0.6) is 0 Å². The van der Waals surface area contributed by atoms with Crippen LogP contribution in [0.1, 0.15) is 57.8 Å². The van der Waals surface area contributed by atoms with Gasteiger partial charge in [-0.15, -0.1) is 0 Å². The minimum Gasteiger partial charge on any atom is -0.389 e. The molecular weight excluding hydrogens is 230 g/mol. The molecule has 0 aromatic heterocycles. The Labute approximate surface area is 110 Å². The predicted octanol–water partition coefficient (Wildman–Crippen LogP) is 2.95. The zero-order valence-electron chi connectivity index (χ0n) is 10.9. The van der Waals surface area contributed by atoms with E-state index in [9.17, 15) is 5.11 Å². The van der Waals surface area contributed by atoms with Gasteiger partial charge in [0.1, 0.15) is 0 Å². The Hall–Kier alpha value is 0.270. The van der Waals surface area contributed by atoms with Crippen molar-refractivity contribution in [1.82, 2.24) is 5.32 Å². The van der Waals surface area contributed by atoms with Gasteiger partial charge in [-0.2, -0.15) is 11.8 Å². The first-order valence-corrected chi connectivity index (χ1v) is 8.38. The lowest BCUT2D eigenvalue weighted by molar-refractivity contribution is 0.0255. The number of nitrogens with one attached hydrogen (secondary N) is 1. The van der Waals surface area contributed by atoms with Crippen molar-refractivity contribution in [2.45, 2.75) is 68.6 Å². The average molecular weight is 257 g/mol. The van der Waals surface area contributed by atoms with Crippen molar-refractivity contribution in [3.8, 4) is 0 Å². The van der Waals surface area contributed by atoms with Crippen LogP contribution >= 0.6 is 11.8 Å². The summed E-state index contributed by atoms with van der Waals surface area (Å²) in [6.07, 6.45) is 11.2. The predicted molar refractivity (Wildman–Crippen MR) is 75.6 cm³/mol. The summed E-state index contributed by atoms with van der Waals surface area (Å²) in [5.74, 6) is 1.33. The van der Waals surface area contributed by atoms with Crippen molar-refractivity contribution in [3.05, 3.63) is 0 Å². The molecule has 2 nitrogen and oxygen atoms in total. The van der Waals surface area contributed by atoms with Crippen LogP contribution in [-0.4, -0.2) is 34.8 Å². The first kappa shape index (κ1) is 13.7. The summed E-state index contributed by atoms with van der Waals surface area (Å²) in [6, 6.07) is 0. The van der Waals surface area contributed by atoms with Crippen molar-refractivity contribution in [2.24, 2.45) is 0 Å². The molecule has 2 rings (SSSR count). The largest absolute Gasteiger partial charge is 0.389 e. The van der Waals surface area contributed by atoms with Crippen LogP contribution in [0.3, 0.4) is 0 Å². The van der Waals surface area contributed by atoms with Crippen LogP contribution in [0.4, 0.5) is 0 Å². The smallest absolute Gasteiger partial charge is 0.0771 e. The van der Waals surface area contributed by atoms with Gasteiger partial charge < -0.3 is 10.4 Å². The highest BCUT2D eigenvalue weighted by atomic mass is 32.2. The second-order valence-corrected chi connectivity index (χ2v) is 7.17. The summed E-state index contributed by atoms with van der Waals surface area (Å²) in [7, 11) is 0. The lowest BCUT2D eigenvalue weighted by atomic mass is 9.94. The molecule has 0 spiro atoms. The van der Waals surface area contributed by atoms with E-state index in [4.69, 9.17) is 0 Å². The van der Waals surface area contributed by atoms with Crippen LogP contribution in [0.15, 0.2) is 0 Å². The molecule has 17 heavy (non-hydrogen) atoms. The summed E-state index contributed by atoms with van der Waals surface area (Å²) in [6.45, 7) is 1.90. The molecule has 0 radical (unpaired) electrons. The number of hydrogen-bond donors (Lipinski definition) is 2. The van der Waals surface area contributed by atoms with E-state index in [1.807, 2.05) is 0 Å². The standard InChI is InChI=1S/C14H27NOS/c16-14(8-4-1-2-5-9-14)12-15-11-13-7-3-6-10-17-13/h13,15-16H,1-12H2. The van der Waals surface area contributed by atoms with Crippen molar-refractivity contribution >= 4 is 11.8 Å². The van der Waals surface area contributed by atoms with E-state index in [1.165, 1.54) is 50.7 Å². The quantitative estimate of drug-likeness (QED) is 0.760. The van der Waals surface area contributed by atoms with Gasteiger partial charge in [0.25, 0.3) is 0 Å². The number of aliphatic hydroxyl groups is 1. The minimum absolute atomic E-state index is 0.407. The van der Waals surface area contributed by atoms with E-state index in [0.29, 0.717) is 0 Å². The van der Waals surface area contributed by atoms with Crippen LogP contribution in [0.25, 0.3) is 0 Å². The van der Waals surface area contributed by atoms with Crippen molar-refractivity contribution in [3.63, 3.8) is 0 Å². The van der Waals surface area contributed by atoms with E-state index >= 15 is 0 Å². The molecule has 100 valence electrons. The zero-order chi connectivity index (χ0) is 12.0. The maximum Gasteiger partial charge on any atom is 0.0771 e. The fourth-order valence-electron chi connectivity index (χ4n) is 3.00. The summed E-state index contributed by atoms with van der Waals surface area (Å²) in [5, 5.41) is 14.8. The third-order valence-electron chi connectivity index (χ3n) is 4.13. The first-order valence-electron chi connectivity index (χ1n) is 7.33. The number of thioether (sulfide) groups is 1. The highest BCUT2D eigenvalue weighted by molar-refractivity contribution is 7.99. The normalized spacial score (nSPS) is 29.8. The molecule has 1 heterocycles. The first-order chi connectivity index (χ1) is 8.29. The van der Waals surface area contributed by atoms with Crippen LogP contribution in [0.2, 0.25) is 0 Å². The van der Waals surface area contributed by atoms with E-state index in [-0.39, 0.29) is 0 Å². The Kier molecular flexibility index (Phi) is 5.64. The molecule has 0 aromatic carbocycles. The van der Waals surface area contributed by atoms with Gasteiger partial charge in [0.05, 0.1) is 5.60 Å². The van der Waals surface area contributed by atoms with Gasteiger partial charge in [-0.25, -0.2) is 0 Å². The lowest BCUT2D eigenvalue weighted by Crippen LogP contribution is -2.42. The van der Waals surface area contributed by atoms with Crippen LogP contribution in [0, 0.1) is 0 Å². The second kappa shape index (κ2) is 7.01. The Morgan fingerprint density at radius 2 is 1.82 bits per heavy atom. The average Bonchev–Trinajstić information content (AvgIpc) is 2.56. The molecule has 0 amide bonds. The highest BCUT2D eigenvalue weighted by Gasteiger charge is 2.27. The molecule has 1 saturated carbocycles.